The molecule has 0 aliphatic carbocycles. The Labute approximate surface area is 228 Å². The Morgan fingerprint density at radius 2 is 1.54 bits per heavy atom. The molecule has 39 heavy (non-hydrogen) atoms. The molecule has 1 fully saturated rings. The van der Waals surface area contributed by atoms with Crippen LogP contribution in [0.4, 0.5) is 5.69 Å². The molecule has 8 nitrogen and oxygen atoms in total. The van der Waals surface area contributed by atoms with Crippen LogP contribution in [0.15, 0.2) is 83.8 Å². The maximum Gasteiger partial charge on any atom is 0.262 e. The highest BCUT2D eigenvalue weighted by atomic mass is 16.5. The number of hydrogen-bond acceptors (Lipinski definition) is 6. The number of nitrogens with zero attached hydrogens (tertiary/aromatic N) is 3. The summed E-state index contributed by atoms with van der Waals surface area (Å²) in [7, 11) is 3.31. The van der Waals surface area contributed by atoms with E-state index in [9.17, 15) is 9.59 Å². The van der Waals surface area contributed by atoms with Crippen LogP contribution in [0, 0.1) is 0 Å². The van der Waals surface area contributed by atoms with Crippen molar-refractivity contribution >= 4 is 22.4 Å². The summed E-state index contributed by atoms with van der Waals surface area (Å²) in [5.74, 6) is 1.42. The second kappa shape index (κ2) is 12.0. The van der Waals surface area contributed by atoms with Crippen molar-refractivity contribution in [2.45, 2.75) is 6.42 Å². The van der Waals surface area contributed by atoms with Crippen molar-refractivity contribution in [3.8, 4) is 17.2 Å². The van der Waals surface area contributed by atoms with E-state index in [4.69, 9.17) is 9.47 Å². The normalized spacial score (nSPS) is 13.8. The molecule has 0 radical (unpaired) electrons. The highest BCUT2D eigenvalue weighted by Crippen LogP contribution is 2.28. The summed E-state index contributed by atoms with van der Waals surface area (Å²) in [5, 5.41) is 4.23. The molecule has 1 aliphatic rings. The van der Waals surface area contributed by atoms with Gasteiger partial charge in [-0.15, -0.1) is 0 Å². The fourth-order valence-electron chi connectivity index (χ4n) is 5.11. The number of rotatable bonds is 9. The first-order valence-corrected chi connectivity index (χ1v) is 13.3. The molecule has 0 spiro atoms. The molecule has 2 heterocycles. The molecule has 1 amide bonds. The van der Waals surface area contributed by atoms with Crippen molar-refractivity contribution in [1.29, 1.82) is 0 Å². The maximum absolute atomic E-state index is 13.3. The number of carbonyl (C=O) groups is 1. The molecular formula is C31H34N4O4. The smallest absolute Gasteiger partial charge is 0.262 e. The molecular weight excluding hydrogens is 492 g/mol. The van der Waals surface area contributed by atoms with Crippen LogP contribution in [0.5, 0.6) is 11.5 Å². The minimum Gasteiger partial charge on any atom is -0.497 e. The number of aromatic nitrogens is 1. The summed E-state index contributed by atoms with van der Waals surface area (Å²) < 4.78 is 12.3. The van der Waals surface area contributed by atoms with Crippen molar-refractivity contribution in [2.24, 2.45) is 0 Å². The van der Waals surface area contributed by atoms with Gasteiger partial charge in [0.2, 0.25) is 0 Å². The lowest BCUT2D eigenvalue weighted by molar-refractivity contribution is 0.0952. The fraction of sp³-hybridized carbons (Fsp3) is 0.290. The molecule has 8 heteroatoms. The molecule has 0 saturated carbocycles. The zero-order valence-corrected chi connectivity index (χ0v) is 22.4. The van der Waals surface area contributed by atoms with Gasteiger partial charge >= 0.3 is 0 Å². The third-order valence-corrected chi connectivity index (χ3v) is 7.25. The quantitative estimate of drug-likeness (QED) is 0.333. The Kier molecular flexibility index (Phi) is 8.13. The third kappa shape index (κ3) is 5.76. The summed E-state index contributed by atoms with van der Waals surface area (Å²) in [6, 6.07) is 22.6. The van der Waals surface area contributed by atoms with Crippen LogP contribution in [-0.2, 0) is 0 Å². The second-order valence-electron chi connectivity index (χ2n) is 9.57. The lowest BCUT2D eigenvalue weighted by Gasteiger charge is -2.36. The average Bonchev–Trinajstić information content (AvgIpc) is 3.00. The molecule has 0 bridgehead atoms. The standard InChI is InChI=1S/C31H34N4O4/c1-38-24-14-12-23(13-15-24)35-22-27(25-8-3-4-9-26(25)31(35)37)30(36)32-16-7-17-33-18-20-34(21-19-33)28-10-5-6-11-29(28)39-2/h3-6,8-15,22H,7,16-21H2,1-2H3,(H,32,36). The molecule has 1 N–H and O–H groups in total. The second-order valence-corrected chi connectivity index (χ2v) is 9.57. The number of amides is 1. The van der Waals surface area contributed by atoms with E-state index in [1.807, 2.05) is 48.5 Å². The van der Waals surface area contributed by atoms with Gasteiger partial charge in [-0.1, -0.05) is 30.3 Å². The van der Waals surface area contributed by atoms with E-state index in [-0.39, 0.29) is 11.5 Å². The Morgan fingerprint density at radius 3 is 2.26 bits per heavy atom. The Balaban J connectivity index is 1.21. The van der Waals surface area contributed by atoms with E-state index in [2.05, 4.69) is 21.2 Å². The predicted molar refractivity (Wildman–Crippen MR) is 155 cm³/mol. The van der Waals surface area contributed by atoms with Gasteiger partial charge in [0.05, 0.1) is 25.5 Å². The number of hydrogen-bond donors (Lipinski definition) is 1. The van der Waals surface area contributed by atoms with Gasteiger partial charge in [0.15, 0.2) is 0 Å². The number of ether oxygens (including phenoxy) is 2. The van der Waals surface area contributed by atoms with Crippen LogP contribution >= 0.6 is 0 Å². The summed E-state index contributed by atoms with van der Waals surface area (Å²) in [5.41, 5.74) is 2.12. The lowest BCUT2D eigenvalue weighted by atomic mass is 10.1. The molecule has 0 atom stereocenters. The Bertz CT molecular complexity index is 1490. The van der Waals surface area contributed by atoms with Crippen molar-refractivity contribution in [3.05, 3.63) is 94.9 Å². The van der Waals surface area contributed by atoms with Gasteiger partial charge in [-0.2, -0.15) is 0 Å². The number of para-hydroxylation sites is 2. The van der Waals surface area contributed by atoms with Gasteiger partial charge in [0.25, 0.3) is 11.5 Å². The summed E-state index contributed by atoms with van der Waals surface area (Å²) >= 11 is 0. The first-order chi connectivity index (χ1) is 19.1. The molecule has 1 aromatic heterocycles. The molecule has 0 unspecified atom stereocenters. The molecule has 3 aromatic carbocycles. The van der Waals surface area contributed by atoms with E-state index < -0.39 is 0 Å². The zero-order valence-electron chi connectivity index (χ0n) is 22.4. The molecule has 1 aliphatic heterocycles. The topological polar surface area (TPSA) is 76.0 Å². The largest absolute Gasteiger partial charge is 0.497 e. The lowest BCUT2D eigenvalue weighted by Crippen LogP contribution is -2.47. The summed E-state index contributed by atoms with van der Waals surface area (Å²) in [6.45, 7) is 5.26. The van der Waals surface area contributed by atoms with Crippen molar-refractivity contribution in [3.63, 3.8) is 0 Å². The molecule has 202 valence electrons. The van der Waals surface area contributed by atoms with Gasteiger partial charge in [0, 0.05) is 55.4 Å². The van der Waals surface area contributed by atoms with Crippen molar-refractivity contribution in [1.82, 2.24) is 14.8 Å². The minimum absolute atomic E-state index is 0.167. The van der Waals surface area contributed by atoms with Gasteiger partial charge in [-0.25, -0.2) is 0 Å². The van der Waals surface area contributed by atoms with Crippen LogP contribution in [0.2, 0.25) is 0 Å². The highest BCUT2D eigenvalue weighted by Gasteiger charge is 2.20. The molecule has 4 aromatic rings. The zero-order chi connectivity index (χ0) is 27.2. The Hall–Kier alpha value is -4.30. The van der Waals surface area contributed by atoms with Gasteiger partial charge in [0.1, 0.15) is 11.5 Å². The van der Waals surface area contributed by atoms with E-state index in [1.54, 1.807) is 38.6 Å². The van der Waals surface area contributed by atoms with E-state index in [1.165, 1.54) is 4.57 Å². The first-order valence-electron chi connectivity index (χ1n) is 13.3. The van der Waals surface area contributed by atoms with Gasteiger partial charge < -0.3 is 19.7 Å². The molecule has 5 rings (SSSR count). The summed E-state index contributed by atoms with van der Waals surface area (Å²) in [4.78, 5) is 31.3. The number of benzene rings is 3. The monoisotopic (exact) mass is 526 g/mol. The van der Waals surface area contributed by atoms with Crippen LogP contribution < -0.4 is 25.2 Å². The van der Waals surface area contributed by atoms with E-state index in [0.29, 0.717) is 34.3 Å². The van der Waals surface area contributed by atoms with Crippen LogP contribution in [0.3, 0.4) is 0 Å². The number of carbonyl (C=O) groups excluding carboxylic acids is 1. The first kappa shape index (κ1) is 26.3. The number of piperazine rings is 1. The summed E-state index contributed by atoms with van der Waals surface area (Å²) in [6.07, 6.45) is 2.48. The fourth-order valence-corrected chi connectivity index (χ4v) is 5.11. The van der Waals surface area contributed by atoms with E-state index in [0.717, 1.165) is 50.6 Å². The van der Waals surface area contributed by atoms with Crippen molar-refractivity contribution in [2.75, 3.05) is 58.4 Å². The minimum atomic E-state index is -0.186. The van der Waals surface area contributed by atoms with Gasteiger partial charge in [-0.3, -0.25) is 19.1 Å². The number of fused-ring (bicyclic) bond motifs is 1. The predicted octanol–water partition coefficient (Wildman–Crippen LogP) is 3.95. The van der Waals surface area contributed by atoms with Gasteiger partial charge in [-0.05, 0) is 55.4 Å². The number of methoxy groups -OCH3 is 2. The average molecular weight is 527 g/mol. The maximum atomic E-state index is 13.3. The Morgan fingerprint density at radius 1 is 0.846 bits per heavy atom. The SMILES string of the molecule is COc1ccc(-n2cc(C(=O)NCCCN3CCN(c4ccccc4OC)CC3)c3ccccc3c2=O)cc1. The molecule has 1 saturated heterocycles. The highest BCUT2D eigenvalue weighted by molar-refractivity contribution is 6.06. The van der Waals surface area contributed by atoms with Crippen LogP contribution in [0.1, 0.15) is 16.8 Å². The van der Waals surface area contributed by atoms with E-state index >= 15 is 0 Å². The van der Waals surface area contributed by atoms with Crippen LogP contribution in [0.25, 0.3) is 16.5 Å². The third-order valence-electron chi connectivity index (χ3n) is 7.25. The van der Waals surface area contributed by atoms with Crippen LogP contribution in [-0.4, -0.2) is 68.9 Å². The number of pyridine rings is 1. The number of anilines is 1. The number of nitrogens with one attached hydrogen (secondary N) is 1. The van der Waals surface area contributed by atoms with Crippen molar-refractivity contribution < 1.29 is 14.3 Å².